The first kappa shape index (κ1) is 19.9. The Morgan fingerprint density at radius 3 is 2.58 bits per heavy atom. The Hall–Kier alpha value is -3.08. The Labute approximate surface area is 177 Å². The van der Waals surface area contributed by atoms with E-state index in [9.17, 15) is 22.4 Å². The molecule has 2 aliphatic rings. The van der Waals surface area contributed by atoms with Crippen LogP contribution in [0.2, 0.25) is 5.02 Å². The van der Waals surface area contributed by atoms with Gasteiger partial charge in [-0.15, -0.1) is 10.2 Å². The average Bonchev–Trinajstić information content (AvgIpc) is 3.28. The van der Waals surface area contributed by atoms with E-state index in [4.69, 9.17) is 11.6 Å². The number of hydrogen-bond acceptors (Lipinski definition) is 5. The van der Waals surface area contributed by atoms with Gasteiger partial charge in [0, 0.05) is 6.54 Å². The van der Waals surface area contributed by atoms with E-state index in [0.717, 1.165) is 18.5 Å². The van der Waals surface area contributed by atoms with Gasteiger partial charge < -0.3 is 9.47 Å². The molecule has 2 bridgehead atoms. The fourth-order valence-electron chi connectivity index (χ4n) is 4.22. The summed E-state index contributed by atoms with van der Waals surface area (Å²) < 4.78 is 54.6. The molecule has 2 aliphatic heterocycles. The van der Waals surface area contributed by atoms with Crippen LogP contribution in [0.5, 0.6) is 0 Å². The first-order valence-corrected chi connectivity index (χ1v) is 9.73. The van der Waals surface area contributed by atoms with Crippen molar-refractivity contribution in [1.82, 2.24) is 29.6 Å². The summed E-state index contributed by atoms with van der Waals surface area (Å²) in [6, 6.07) is 2.54. The van der Waals surface area contributed by atoms with Gasteiger partial charge in [0.15, 0.2) is 17.5 Å². The molecular weight excluding hydrogens is 440 g/mol. The zero-order valence-corrected chi connectivity index (χ0v) is 16.4. The molecule has 0 saturated carbocycles. The number of hydrogen-bond donors (Lipinski definition) is 0. The lowest BCUT2D eigenvalue weighted by Gasteiger charge is -2.35. The summed E-state index contributed by atoms with van der Waals surface area (Å²) >= 11 is 5.97. The largest absolute Gasteiger partial charge is 0.417 e. The summed E-state index contributed by atoms with van der Waals surface area (Å²) in [6.45, 7) is 0.317. The molecule has 1 fully saturated rings. The highest BCUT2D eigenvalue weighted by molar-refractivity contribution is 6.34. The Morgan fingerprint density at radius 1 is 1.13 bits per heavy atom. The van der Waals surface area contributed by atoms with E-state index < -0.39 is 34.5 Å². The maximum atomic E-state index is 13.2. The van der Waals surface area contributed by atoms with Crippen LogP contribution < -0.4 is 0 Å². The summed E-state index contributed by atoms with van der Waals surface area (Å²) in [6.07, 6.45) is -1.41. The molecule has 31 heavy (non-hydrogen) atoms. The van der Waals surface area contributed by atoms with Gasteiger partial charge >= 0.3 is 6.18 Å². The smallest absolute Gasteiger partial charge is 0.324 e. The van der Waals surface area contributed by atoms with Crippen molar-refractivity contribution in [3.05, 3.63) is 58.4 Å². The molecule has 4 heterocycles. The van der Waals surface area contributed by atoms with Gasteiger partial charge in [0.2, 0.25) is 5.82 Å². The van der Waals surface area contributed by atoms with Gasteiger partial charge in [0.1, 0.15) is 0 Å². The van der Waals surface area contributed by atoms with Crippen LogP contribution in [0.25, 0.3) is 11.6 Å². The molecule has 7 nitrogen and oxygen atoms in total. The van der Waals surface area contributed by atoms with Gasteiger partial charge in [-0.25, -0.2) is 14.4 Å². The number of aromatic nitrogens is 5. The van der Waals surface area contributed by atoms with Crippen molar-refractivity contribution in [3.63, 3.8) is 0 Å². The van der Waals surface area contributed by atoms with E-state index in [1.54, 1.807) is 4.57 Å². The third kappa shape index (κ3) is 3.14. The molecule has 1 saturated heterocycles. The lowest BCUT2D eigenvalue weighted by molar-refractivity contribution is -0.137. The number of carbonyl (C=O) groups excluding carboxylic acids is 1. The quantitative estimate of drug-likeness (QED) is 0.551. The van der Waals surface area contributed by atoms with Crippen LogP contribution in [0, 0.1) is 5.82 Å². The van der Waals surface area contributed by atoms with E-state index in [2.05, 4.69) is 20.2 Å². The van der Waals surface area contributed by atoms with Crippen molar-refractivity contribution < 1.29 is 22.4 Å². The number of alkyl halides is 3. The first-order chi connectivity index (χ1) is 14.8. The molecular formula is C19H13ClF4N6O. The van der Waals surface area contributed by atoms with Crippen molar-refractivity contribution in [3.8, 4) is 11.6 Å². The monoisotopic (exact) mass is 452 g/mol. The fraction of sp³-hybridized carbons (Fsp3) is 0.316. The minimum atomic E-state index is -4.67. The Balaban J connectivity index is 1.51. The molecule has 12 heteroatoms. The van der Waals surface area contributed by atoms with E-state index in [1.807, 2.05) is 0 Å². The zero-order valence-electron chi connectivity index (χ0n) is 15.6. The third-order valence-corrected chi connectivity index (χ3v) is 5.97. The highest BCUT2D eigenvalue weighted by atomic mass is 35.5. The summed E-state index contributed by atoms with van der Waals surface area (Å²) in [7, 11) is 0. The molecule has 160 valence electrons. The molecule has 1 amide bonds. The van der Waals surface area contributed by atoms with Gasteiger partial charge in [-0.05, 0) is 25.0 Å². The summed E-state index contributed by atoms with van der Waals surface area (Å²) in [5.41, 5.74) is -1.26. The van der Waals surface area contributed by atoms with E-state index >= 15 is 0 Å². The summed E-state index contributed by atoms with van der Waals surface area (Å²) in [5, 5.41) is 7.65. The zero-order chi connectivity index (χ0) is 21.9. The molecule has 2 atom stereocenters. The second kappa shape index (κ2) is 6.98. The van der Waals surface area contributed by atoms with Crippen LogP contribution in [0.3, 0.4) is 0 Å². The molecule has 1 aromatic carbocycles. The highest BCUT2D eigenvalue weighted by Gasteiger charge is 2.46. The van der Waals surface area contributed by atoms with Crippen LogP contribution in [-0.4, -0.2) is 41.6 Å². The lowest BCUT2D eigenvalue weighted by Crippen LogP contribution is -2.44. The van der Waals surface area contributed by atoms with Crippen LogP contribution >= 0.6 is 11.6 Å². The van der Waals surface area contributed by atoms with Crippen LogP contribution in [0.4, 0.5) is 17.6 Å². The molecule has 5 rings (SSSR count). The van der Waals surface area contributed by atoms with Crippen molar-refractivity contribution >= 4 is 17.5 Å². The number of benzene rings is 1. The van der Waals surface area contributed by atoms with Crippen LogP contribution in [-0.2, 0) is 12.7 Å². The Kier molecular flexibility index (Phi) is 4.47. The number of halogens is 5. The highest BCUT2D eigenvalue weighted by Crippen LogP contribution is 2.44. The molecule has 0 radical (unpaired) electrons. The minimum Gasteiger partial charge on any atom is -0.324 e. The summed E-state index contributed by atoms with van der Waals surface area (Å²) in [4.78, 5) is 22.6. The van der Waals surface area contributed by atoms with Gasteiger partial charge in [-0.1, -0.05) is 17.7 Å². The van der Waals surface area contributed by atoms with Gasteiger partial charge in [0.05, 0.1) is 40.6 Å². The van der Waals surface area contributed by atoms with Gasteiger partial charge in [-0.2, -0.15) is 13.2 Å². The standard InChI is InChI=1S/C19H13ClF4N6O/c20-14-11(2-1-3-12(14)19(22,23)24)18(31)30-10-4-5-13(30)16-27-28-17(29(16)8-10)15-25-6-9(21)7-26-15/h1-3,6-7,10,13H,4-5,8H2/t10-,13-/m1/s1. The normalized spacial score (nSPS) is 20.1. The number of carbonyl (C=O) groups is 1. The van der Waals surface area contributed by atoms with Gasteiger partial charge in [-0.3, -0.25) is 4.79 Å². The second-order valence-corrected chi connectivity index (χ2v) is 7.72. The second-order valence-electron chi connectivity index (χ2n) is 7.34. The van der Waals surface area contributed by atoms with Crippen molar-refractivity contribution in [2.24, 2.45) is 0 Å². The third-order valence-electron chi connectivity index (χ3n) is 5.56. The van der Waals surface area contributed by atoms with Crippen molar-refractivity contribution in [2.45, 2.75) is 37.6 Å². The number of rotatable bonds is 2. The number of fused-ring (bicyclic) bond motifs is 4. The van der Waals surface area contributed by atoms with Crippen molar-refractivity contribution in [2.75, 3.05) is 0 Å². The molecule has 0 N–H and O–H groups in total. The number of nitrogens with zero attached hydrogens (tertiary/aromatic N) is 6. The van der Waals surface area contributed by atoms with Gasteiger partial charge in [0.25, 0.3) is 5.91 Å². The molecule has 0 unspecified atom stereocenters. The average molecular weight is 453 g/mol. The molecule has 3 aromatic rings. The molecule has 2 aromatic heterocycles. The predicted molar refractivity (Wildman–Crippen MR) is 99.4 cm³/mol. The number of amides is 1. The minimum absolute atomic E-state index is 0.195. The lowest BCUT2D eigenvalue weighted by atomic mass is 10.1. The summed E-state index contributed by atoms with van der Waals surface area (Å²) in [5.74, 6) is -0.154. The van der Waals surface area contributed by atoms with Crippen molar-refractivity contribution in [1.29, 1.82) is 0 Å². The Bertz CT molecular complexity index is 1180. The fourth-order valence-corrected chi connectivity index (χ4v) is 4.54. The maximum absolute atomic E-state index is 13.2. The molecule has 0 spiro atoms. The predicted octanol–water partition coefficient (Wildman–Crippen LogP) is 3.91. The van der Waals surface area contributed by atoms with E-state index in [1.165, 1.54) is 17.0 Å². The SMILES string of the molecule is O=C(c1cccc(C(F)(F)F)c1Cl)N1[C@@H]2CC[C@@H]1c1nnc(-c3ncc(F)cn3)n1C2. The van der Waals surface area contributed by atoms with E-state index in [0.29, 0.717) is 31.0 Å². The van der Waals surface area contributed by atoms with E-state index in [-0.39, 0.29) is 17.4 Å². The Morgan fingerprint density at radius 2 is 1.87 bits per heavy atom. The van der Waals surface area contributed by atoms with Crippen LogP contribution in [0.1, 0.15) is 40.6 Å². The molecule has 0 aliphatic carbocycles. The van der Waals surface area contributed by atoms with Crippen LogP contribution in [0.15, 0.2) is 30.6 Å². The maximum Gasteiger partial charge on any atom is 0.417 e. The topological polar surface area (TPSA) is 76.8 Å². The first-order valence-electron chi connectivity index (χ1n) is 9.35.